The molecule has 0 aliphatic carbocycles. The number of hydrogen-bond donors (Lipinski definition) is 2. The molecule has 0 bridgehead atoms. The molecule has 4 amide bonds. The first-order valence-electron chi connectivity index (χ1n) is 16.1. The minimum atomic E-state index is -1.85. The number of nitrogens with one attached hydrogen (secondary N) is 2. The second-order valence-corrected chi connectivity index (χ2v) is 14.3. The van der Waals surface area contributed by atoms with Crippen molar-refractivity contribution in [1.82, 2.24) is 25.0 Å². The third kappa shape index (κ3) is 7.73. The number of oxime groups is 1. The maximum Gasteiger partial charge on any atom is 0.410 e. The molecule has 1 aromatic heterocycles. The number of amides is 4. The number of likely N-dealkylation sites (N-methyl/N-ethyl adjacent to an activating group) is 1. The van der Waals surface area contributed by atoms with Crippen LogP contribution in [-0.2, 0) is 44.3 Å². The van der Waals surface area contributed by atoms with E-state index in [1.807, 2.05) is 19.2 Å². The van der Waals surface area contributed by atoms with Crippen molar-refractivity contribution in [2.24, 2.45) is 5.16 Å². The first kappa shape index (κ1) is 36.3. The molecule has 18 heteroatoms. The van der Waals surface area contributed by atoms with Crippen molar-refractivity contribution in [3.05, 3.63) is 94.1 Å². The van der Waals surface area contributed by atoms with Gasteiger partial charge in [0.05, 0.1) is 16.6 Å². The Kier molecular flexibility index (Phi) is 11.4. The number of esters is 1. The van der Waals surface area contributed by atoms with E-state index >= 15 is 0 Å². The molecule has 0 radical (unpaired) electrons. The Labute approximate surface area is 304 Å². The highest BCUT2D eigenvalue weighted by atomic mass is 32.2. The molecular formula is C34H35N7O9S2. The summed E-state index contributed by atoms with van der Waals surface area (Å²) in [7, 11) is 1.31. The van der Waals surface area contributed by atoms with Crippen molar-refractivity contribution in [2.75, 3.05) is 58.0 Å². The maximum absolute atomic E-state index is 14.3. The fraction of sp³-hybridized carbons (Fsp3) is 0.324. The van der Waals surface area contributed by atoms with Gasteiger partial charge >= 0.3 is 12.1 Å². The van der Waals surface area contributed by atoms with E-state index in [0.717, 1.165) is 16.2 Å². The van der Waals surface area contributed by atoms with Gasteiger partial charge in [-0.25, -0.2) is 14.6 Å². The average molecular weight is 750 g/mol. The Morgan fingerprint density at radius 2 is 1.71 bits per heavy atom. The van der Waals surface area contributed by atoms with Crippen LogP contribution in [0.4, 0.5) is 9.93 Å². The number of rotatable bonds is 12. The second-order valence-electron chi connectivity index (χ2n) is 11.9. The first-order chi connectivity index (χ1) is 25.2. The Morgan fingerprint density at radius 1 is 1.06 bits per heavy atom. The van der Waals surface area contributed by atoms with Crippen molar-refractivity contribution < 1.29 is 42.5 Å². The number of β-lactam (4-membered cyclic amide) rings is 1. The smallest absolute Gasteiger partial charge is 0.410 e. The predicted octanol–water partition coefficient (Wildman–Crippen LogP) is 1.45. The highest BCUT2D eigenvalue weighted by Gasteiger charge is 2.58. The molecule has 16 nitrogen and oxygen atoms in total. The standard InChI is InChI=1S/C34H35N7O9S2/c1-39-13-15-40(16-14-39)34(46)49-17-23-19-52(47)31-26(37-29(43)25(38-48-2)24-18-51-33(36-24)35-20-42)30(44)41(31)27(23)32(45)50-28(21-9-5-3-6-10-21)22-11-7-4-8-12-22/h3-12,18,20,26,28,31H,13-17,19H2,1-2H3,(H,37,43)(H,35,36,42)/b38-25+/t26?,31-,52?/m1/s1. The molecule has 2 unspecified atom stereocenters. The van der Waals surface area contributed by atoms with Gasteiger partial charge in [-0.05, 0) is 18.2 Å². The van der Waals surface area contributed by atoms with Gasteiger partial charge in [-0.15, -0.1) is 11.3 Å². The molecular weight excluding hydrogens is 715 g/mol. The number of ether oxygens (including phenoxy) is 2. The van der Waals surface area contributed by atoms with Crippen LogP contribution in [0.5, 0.6) is 0 Å². The lowest BCUT2D eigenvalue weighted by Gasteiger charge is -2.49. The van der Waals surface area contributed by atoms with E-state index in [2.05, 4.69) is 25.7 Å². The number of nitrogens with zero attached hydrogens (tertiary/aromatic N) is 5. The van der Waals surface area contributed by atoms with Crippen LogP contribution in [0.1, 0.15) is 22.9 Å². The van der Waals surface area contributed by atoms with E-state index in [9.17, 15) is 28.2 Å². The topological polar surface area (TPSA) is 189 Å². The maximum atomic E-state index is 14.3. The fourth-order valence-electron chi connectivity index (χ4n) is 5.93. The van der Waals surface area contributed by atoms with E-state index in [1.165, 1.54) is 12.5 Å². The molecule has 2 aromatic carbocycles. The minimum absolute atomic E-state index is 0.0589. The molecule has 3 aliphatic rings. The lowest BCUT2D eigenvalue weighted by atomic mass is 10.0. The van der Waals surface area contributed by atoms with Crippen LogP contribution in [0, 0.1) is 0 Å². The Hall–Kier alpha value is -5.46. The number of anilines is 1. The summed E-state index contributed by atoms with van der Waals surface area (Å²) in [6, 6.07) is 16.8. The number of aromatic nitrogens is 1. The van der Waals surface area contributed by atoms with Gasteiger partial charge in [0.2, 0.25) is 6.41 Å². The quantitative estimate of drug-likeness (QED) is 0.0897. The summed E-state index contributed by atoms with van der Waals surface area (Å²) in [6.45, 7) is 1.80. The van der Waals surface area contributed by atoms with Crippen LogP contribution in [0.15, 0.2) is 82.5 Å². The molecule has 0 saturated carbocycles. The van der Waals surface area contributed by atoms with Crippen molar-refractivity contribution in [2.45, 2.75) is 17.5 Å². The van der Waals surface area contributed by atoms with Gasteiger partial charge in [0.15, 0.2) is 16.9 Å². The Bertz CT molecular complexity index is 1870. The molecule has 3 aliphatic heterocycles. The Morgan fingerprint density at radius 3 is 2.33 bits per heavy atom. The highest BCUT2D eigenvalue weighted by molar-refractivity contribution is 7.86. The summed E-state index contributed by atoms with van der Waals surface area (Å²) in [5, 5.41) is 9.18. The van der Waals surface area contributed by atoms with E-state index in [4.69, 9.17) is 14.3 Å². The molecule has 3 aromatic rings. The molecule has 3 atom stereocenters. The molecule has 272 valence electrons. The number of thiazole rings is 1. The third-order valence-corrected chi connectivity index (χ3v) is 11.0. The van der Waals surface area contributed by atoms with Gasteiger partial charge in [-0.2, -0.15) is 0 Å². The number of carbonyl (C=O) groups is 5. The first-order valence-corrected chi connectivity index (χ1v) is 18.4. The predicted molar refractivity (Wildman–Crippen MR) is 189 cm³/mol. The molecule has 2 saturated heterocycles. The van der Waals surface area contributed by atoms with Crippen LogP contribution in [0.25, 0.3) is 0 Å². The van der Waals surface area contributed by atoms with E-state index in [0.29, 0.717) is 43.7 Å². The van der Waals surface area contributed by atoms with Crippen LogP contribution in [-0.4, -0.2) is 124 Å². The zero-order chi connectivity index (χ0) is 36.8. The van der Waals surface area contributed by atoms with Crippen molar-refractivity contribution in [3.8, 4) is 0 Å². The largest absolute Gasteiger partial charge is 0.448 e. The van der Waals surface area contributed by atoms with Gasteiger partial charge in [-0.1, -0.05) is 65.8 Å². The summed E-state index contributed by atoms with van der Waals surface area (Å²) in [5.41, 5.74) is 1.02. The molecule has 6 rings (SSSR count). The zero-order valence-electron chi connectivity index (χ0n) is 28.1. The summed E-state index contributed by atoms with van der Waals surface area (Å²) in [6.07, 6.45) is -1.06. The van der Waals surface area contributed by atoms with Crippen molar-refractivity contribution >= 4 is 63.3 Å². The number of benzene rings is 2. The average Bonchev–Trinajstić information content (AvgIpc) is 3.62. The summed E-state index contributed by atoms with van der Waals surface area (Å²) >= 11 is 1.03. The number of piperazine rings is 1. The van der Waals surface area contributed by atoms with Crippen LogP contribution in [0.3, 0.4) is 0 Å². The van der Waals surface area contributed by atoms with Gasteiger partial charge in [0.1, 0.15) is 36.5 Å². The Balaban J connectivity index is 1.28. The van der Waals surface area contributed by atoms with Crippen LogP contribution >= 0.6 is 11.3 Å². The van der Waals surface area contributed by atoms with E-state index in [-0.39, 0.29) is 33.6 Å². The lowest BCUT2D eigenvalue weighted by molar-refractivity contribution is -0.154. The van der Waals surface area contributed by atoms with Gasteiger partial charge < -0.3 is 34.7 Å². The molecule has 4 heterocycles. The second kappa shape index (κ2) is 16.3. The summed E-state index contributed by atoms with van der Waals surface area (Å²) < 4.78 is 25.5. The van der Waals surface area contributed by atoms with E-state index < -0.39 is 58.8 Å². The number of hydrogen-bond acceptors (Lipinski definition) is 13. The monoisotopic (exact) mass is 749 g/mol. The SMILES string of the molecule is CO/N=C(/C(=O)NC1C(=O)N2C(C(=O)OC(c3ccccc3)c3ccccc3)=C(COC(=O)N3CCN(C)CC3)CS(=O)[C@H]12)c1csc(NC=O)n1. The molecule has 2 fully saturated rings. The lowest BCUT2D eigenvalue weighted by Crippen LogP contribution is -2.74. The van der Waals surface area contributed by atoms with Gasteiger partial charge in [-0.3, -0.25) is 23.5 Å². The van der Waals surface area contributed by atoms with Crippen LogP contribution in [0.2, 0.25) is 0 Å². The summed E-state index contributed by atoms with van der Waals surface area (Å²) in [4.78, 5) is 79.1. The minimum Gasteiger partial charge on any atom is -0.448 e. The third-order valence-electron chi connectivity index (χ3n) is 8.57. The molecule has 2 N–H and O–H groups in total. The van der Waals surface area contributed by atoms with Crippen molar-refractivity contribution in [3.63, 3.8) is 0 Å². The fourth-order valence-corrected chi connectivity index (χ4v) is 8.25. The highest BCUT2D eigenvalue weighted by Crippen LogP contribution is 2.37. The van der Waals surface area contributed by atoms with Gasteiger partial charge in [0.25, 0.3) is 11.8 Å². The molecule has 52 heavy (non-hydrogen) atoms. The van der Waals surface area contributed by atoms with Crippen LogP contribution < -0.4 is 10.6 Å². The van der Waals surface area contributed by atoms with Crippen molar-refractivity contribution in [1.29, 1.82) is 0 Å². The number of carbonyl (C=O) groups excluding carboxylic acids is 5. The summed E-state index contributed by atoms with van der Waals surface area (Å²) in [5.74, 6) is -2.75. The molecule has 0 spiro atoms. The van der Waals surface area contributed by atoms with Gasteiger partial charge in [0, 0.05) is 37.1 Å². The zero-order valence-corrected chi connectivity index (χ0v) is 29.8. The normalized spacial score (nSPS) is 20.5. The number of fused-ring (bicyclic) bond motifs is 1. The van der Waals surface area contributed by atoms with E-state index in [1.54, 1.807) is 53.4 Å².